The molecule has 0 bridgehead atoms. The number of rotatable bonds is 7. The summed E-state index contributed by atoms with van der Waals surface area (Å²) in [4.78, 5) is -1.11. The molecule has 0 aliphatic carbocycles. The molecule has 0 saturated heterocycles. The van der Waals surface area contributed by atoms with Gasteiger partial charge in [0, 0.05) is 18.7 Å². The summed E-state index contributed by atoms with van der Waals surface area (Å²) >= 11 is 0. The first-order valence-corrected chi connectivity index (χ1v) is 11.8. The molecule has 3 aromatic rings. The third-order valence-electron chi connectivity index (χ3n) is 4.45. The highest BCUT2D eigenvalue weighted by molar-refractivity contribution is 8.04. The molecular formula is C20H19NO8S2. The normalized spacial score (nSPS) is 12.2. The maximum Gasteiger partial charge on any atom is 0.256 e. The number of aromatic hydroxyl groups is 4. The van der Waals surface area contributed by atoms with Gasteiger partial charge in [0.15, 0.2) is 23.0 Å². The topological polar surface area (TPSA) is 152 Å². The molecule has 0 saturated carbocycles. The van der Waals surface area contributed by atoms with E-state index in [-0.39, 0.29) is 10.1 Å². The Morgan fingerprint density at radius 3 is 1.48 bits per heavy atom. The van der Waals surface area contributed by atoms with Crippen molar-refractivity contribution in [3.8, 4) is 23.0 Å². The number of phenols is 4. The Morgan fingerprint density at radius 2 is 1.06 bits per heavy atom. The van der Waals surface area contributed by atoms with Gasteiger partial charge in [-0.05, 0) is 36.2 Å². The molecule has 0 unspecified atom stereocenters. The summed E-state index contributed by atoms with van der Waals surface area (Å²) in [5.74, 6) is -2.60. The lowest BCUT2D eigenvalue weighted by atomic mass is 10.2. The first kappa shape index (κ1) is 22.4. The molecule has 0 fully saturated rings. The highest BCUT2D eigenvalue weighted by atomic mass is 32.3. The number of sulfonamides is 2. The molecule has 9 nitrogen and oxygen atoms in total. The van der Waals surface area contributed by atoms with Crippen LogP contribution in [0.25, 0.3) is 0 Å². The molecule has 4 N–H and O–H groups in total. The standard InChI is InChI=1S/C20H19NO8S2/c22-17-8-6-15(12-19(17)24)30(26,27)21(11-10-14-4-2-1-3-5-14)31(28,29)16-7-9-18(23)20(25)13-16/h1-9,12-13,22-25H,10-11H2. The lowest BCUT2D eigenvalue weighted by Crippen LogP contribution is -2.38. The van der Waals surface area contributed by atoms with Crippen LogP contribution in [0.5, 0.6) is 23.0 Å². The van der Waals surface area contributed by atoms with Gasteiger partial charge in [-0.2, -0.15) is 0 Å². The van der Waals surface area contributed by atoms with Crippen molar-refractivity contribution in [3.63, 3.8) is 0 Å². The summed E-state index contributed by atoms with van der Waals surface area (Å²) in [7, 11) is -9.42. The molecule has 0 aromatic heterocycles. The quantitative estimate of drug-likeness (QED) is 0.387. The van der Waals surface area contributed by atoms with Crippen molar-refractivity contribution < 1.29 is 37.3 Å². The van der Waals surface area contributed by atoms with Crippen molar-refractivity contribution in [1.29, 1.82) is 0 Å². The summed E-state index contributed by atoms with van der Waals surface area (Å²) in [6, 6.07) is 13.9. The van der Waals surface area contributed by atoms with E-state index in [1.165, 1.54) is 0 Å². The molecule has 3 rings (SSSR count). The van der Waals surface area contributed by atoms with Gasteiger partial charge >= 0.3 is 0 Å². The van der Waals surface area contributed by atoms with Crippen LogP contribution in [-0.4, -0.2) is 47.5 Å². The van der Waals surface area contributed by atoms with Gasteiger partial charge in [-0.3, -0.25) is 0 Å². The first-order chi connectivity index (χ1) is 14.5. The fourth-order valence-electron chi connectivity index (χ4n) is 2.80. The van der Waals surface area contributed by atoms with Crippen LogP contribution in [0.15, 0.2) is 76.5 Å². The van der Waals surface area contributed by atoms with E-state index in [1.807, 2.05) is 0 Å². The number of nitrogens with zero attached hydrogens (tertiary/aromatic N) is 1. The Morgan fingerprint density at radius 1 is 0.613 bits per heavy atom. The fourth-order valence-corrected chi connectivity index (χ4v) is 6.48. The average molecular weight is 466 g/mol. The molecule has 0 atom stereocenters. The molecule has 0 radical (unpaired) electrons. The zero-order valence-corrected chi connectivity index (χ0v) is 17.6. The van der Waals surface area contributed by atoms with Crippen LogP contribution in [0.3, 0.4) is 0 Å². The second-order valence-electron chi connectivity index (χ2n) is 6.54. The number of benzene rings is 3. The van der Waals surface area contributed by atoms with Crippen molar-refractivity contribution in [1.82, 2.24) is 3.71 Å². The Balaban J connectivity index is 2.11. The predicted molar refractivity (Wildman–Crippen MR) is 111 cm³/mol. The largest absolute Gasteiger partial charge is 0.504 e. The monoisotopic (exact) mass is 465 g/mol. The van der Waals surface area contributed by atoms with Crippen LogP contribution >= 0.6 is 0 Å². The lowest BCUT2D eigenvalue weighted by molar-refractivity contribution is 0.401. The van der Waals surface area contributed by atoms with Crippen LogP contribution in [0.1, 0.15) is 5.56 Å². The Bertz CT molecular complexity index is 1220. The third kappa shape index (κ3) is 4.58. The van der Waals surface area contributed by atoms with Crippen LogP contribution < -0.4 is 0 Å². The molecule has 0 aliphatic rings. The summed E-state index contributed by atoms with van der Waals surface area (Å²) in [6.07, 6.45) is 0.0490. The Kier molecular flexibility index (Phi) is 6.11. The van der Waals surface area contributed by atoms with Gasteiger partial charge in [-0.15, -0.1) is 0 Å². The summed E-state index contributed by atoms with van der Waals surface area (Å²) in [6.45, 7) is -0.474. The van der Waals surface area contributed by atoms with E-state index in [4.69, 9.17) is 0 Å². The average Bonchev–Trinajstić information content (AvgIpc) is 2.72. The van der Waals surface area contributed by atoms with E-state index in [2.05, 4.69) is 0 Å². The van der Waals surface area contributed by atoms with Crippen LogP contribution in [-0.2, 0) is 26.5 Å². The number of hydrogen-bond acceptors (Lipinski definition) is 8. The maximum absolute atomic E-state index is 13.2. The van der Waals surface area contributed by atoms with Crippen molar-refractivity contribution in [2.24, 2.45) is 0 Å². The summed E-state index contributed by atoms with van der Waals surface area (Å²) in [5, 5.41) is 38.3. The van der Waals surface area contributed by atoms with Gasteiger partial charge in [0.1, 0.15) is 0 Å². The smallest absolute Gasteiger partial charge is 0.256 e. The summed E-state index contributed by atoms with van der Waals surface area (Å²) in [5.41, 5.74) is 0.681. The Hall–Kier alpha value is -3.28. The van der Waals surface area contributed by atoms with Crippen molar-refractivity contribution in [2.75, 3.05) is 6.54 Å². The van der Waals surface area contributed by atoms with Gasteiger partial charge in [0.25, 0.3) is 20.0 Å². The fraction of sp³-hybridized carbons (Fsp3) is 0.100. The van der Waals surface area contributed by atoms with E-state index in [0.717, 1.165) is 36.4 Å². The molecule has 164 valence electrons. The van der Waals surface area contributed by atoms with Gasteiger partial charge in [-0.1, -0.05) is 34.0 Å². The molecule has 11 heteroatoms. The maximum atomic E-state index is 13.2. The molecule has 0 heterocycles. The minimum atomic E-state index is -4.71. The molecule has 31 heavy (non-hydrogen) atoms. The third-order valence-corrected chi connectivity index (χ3v) is 8.77. The number of phenolic OH excluding ortho intramolecular Hbond substituents is 4. The van der Waals surface area contributed by atoms with E-state index >= 15 is 0 Å². The van der Waals surface area contributed by atoms with Crippen LogP contribution in [0.4, 0.5) is 0 Å². The van der Waals surface area contributed by atoms with Gasteiger partial charge < -0.3 is 20.4 Å². The highest BCUT2D eigenvalue weighted by Crippen LogP contribution is 2.33. The first-order valence-electron chi connectivity index (χ1n) is 8.89. The Labute approximate surface area is 179 Å². The van der Waals surface area contributed by atoms with E-state index < -0.39 is 59.4 Å². The lowest BCUT2D eigenvalue weighted by Gasteiger charge is -2.22. The SMILES string of the molecule is O=S(=O)(c1ccc(O)c(O)c1)N(CCc1ccccc1)S(=O)(=O)c1ccc(O)c(O)c1. The van der Waals surface area contributed by atoms with E-state index in [9.17, 15) is 37.3 Å². The van der Waals surface area contributed by atoms with Crippen LogP contribution in [0, 0.1) is 0 Å². The molecular weight excluding hydrogens is 446 g/mol. The second kappa shape index (κ2) is 8.46. The van der Waals surface area contributed by atoms with Gasteiger partial charge in [-0.25, -0.2) is 16.8 Å². The van der Waals surface area contributed by atoms with E-state index in [1.54, 1.807) is 30.3 Å². The van der Waals surface area contributed by atoms with Gasteiger partial charge in [0.2, 0.25) is 0 Å². The van der Waals surface area contributed by atoms with Crippen molar-refractivity contribution in [3.05, 3.63) is 72.3 Å². The molecule has 0 amide bonds. The van der Waals surface area contributed by atoms with E-state index in [0.29, 0.717) is 5.56 Å². The zero-order valence-electron chi connectivity index (χ0n) is 16.0. The van der Waals surface area contributed by atoms with Gasteiger partial charge in [0.05, 0.1) is 9.79 Å². The minimum Gasteiger partial charge on any atom is -0.504 e. The molecule has 0 aliphatic heterocycles. The van der Waals surface area contributed by atoms with Crippen molar-refractivity contribution >= 4 is 20.0 Å². The second-order valence-corrected chi connectivity index (χ2v) is 10.5. The number of hydrogen-bond donors (Lipinski definition) is 4. The highest BCUT2D eigenvalue weighted by Gasteiger charge is 2.37. The minimum absolute atomic E-state index is 0.0490. The van der Waals surface area contributed by atoms with Crippen molar-refractivity contribution in [2.45, 2.75) is 16.2 Å². The zero-order chi connectivity index (χ0) is 22.8. The van der Waals surface area contributed by atoms with Crippen LogP contribution in [0.2, 0.25) is 0 Å². The summed E-state index contributed by atoms with van der Waals surface area (Å²) < 4.78 is 53.2. The molecule has 0 spiro atoms. The molecule has 3 aromatic carbocycles. The predicted octanol–water partition coefficient (Wildman–Crippen LogP) is 2.13.